The Morgan fingerprint density at radius 1 is 1.08 bits per heavy atom. The van der Waals surface area contributed by atoms with Gasteiger partial charge in [-0.2, -0.15) is 0 Å². The van der Waals surface area contributed by atoms with Crippen LogP contribution < -0.4 is 0 Å². The summed E-state index contributed by atoms with van der Waals surface area (Å²) in [6, 6.07) is 0. The number of allylic oxidation sites excluding steroid dienone is 4. The highest BCUT2D eigenvalue weighted by Gasteiger charge is 2.61. The molecule has 3 atom stereocenters. The molecule has 1 saturated carbocycles. The molecule has 1 heterocycles. The van der Waals surface area contributed by atoms with E-state index in [2.05, 4.69) is 26.0 Å². The van der Waals surface area contributed by atoms with Crippen LogP contribution in [0.3, 0.4) is 0 Å². The molecule has 3 rings (SSSR count). The summed E-state index contributed by atoms with van der Waals surface area (Å²) < 4.78 is 5.74. The molecule has 134 valence electrons. The maximum absolute atomic E-state index is 12.6. The largest absolute Gasteiger partial charge is 0.459 e. The molecule has 2 bridgehead atoms. The fourth-order valence-electron chi connectivity index (χ4n) is 4.39. The summed E-state index contributed by atoms with van der Waals surface area (Å²) in [7, 11) is 0. The number of hydrogen-bond donors (Lipinski definition) is 1. The standard InChI is InChI=1S/C21H32O3/c1-15-6-4-7-16(2)9-10-17-14-18(20(3,23)11-5-8-15)24-19(22)21(17)12-13-21/h7-8,17-18,23H,4-6,9-14H2,1-3H3/b15-8+,16-7+/t17-,18-,20+/m0/s1. The van der Waals surface area contributed by atoms with Gasteiger partial charge in [0.2, 0.25) is 0 Å². The molecule has 3 nitrogen and oxygen atoms in total. The van der Waals surface area contributed by atoms with Gasteiger partial charge in [-0.1, -0.05) is 23.3 Å². The summed E-state index contributed by atoms with van der Waals surface area (Å²) in [5.74, 6) is 0.309. The van der Waals surface area contributed by atoms with Crippen molar-refractivity contribution in [1.82, 2.24) is 0 Å². The van der Waals surface area contributed by atoms with E-state index < -0.39 is 5.60 Å². The Labute approximate surface area is 146 Å². The van der Waals surface area contributed by atoms with Crippen molar-refractivity contribution in [2.24, 2.45) is 11.3 Å². The molecule has 0 amide bonds. The lowest BCUT2D eigenvalue weighted by Crippen LogP contribution is -2.50. The molecule has 0 radical (unpaired) electrons. The highest BCUT2D eigenvalue weighted by atomic mass is 16.6. The SMILES string of the molecule is C/C1=C\CC[C@@](C)(O)[C@@H]2C[C@H](CC/C(C)=C/CC1)C1(CC1)C(=O)O2. The van der Waals surface area contributed by atoms with Crippen molar-refractivity contribution >= 4 is 5.97 Å². The van der Waals surface area contributed by atoms with Gasteiger partial charge in [-0.15, -0.1) is 0 Å². The molecule has 24 heavy (non-hydrogen) atoms. The topological polar surface area (TPSA) is 46.5 Å². The first kappa shape index (κ1) is 17.7. The Hall–Kier alpha value is -1.09. The van der Waals surface area contributed by atoms with Crippen LogP contribution in [0.1, 0.15) is 78.6 Å². The average Bonchev–Trinajstić information content (AvgIpc) is 3.29. The second kappa shape index (κ2) is 6.67. The molecule has 0 aromatic heterocycles. The number of carbonyl (C=O) groups excluding carboxylic acids is 1. The Morgan fingerprint density at radius 2 is 1.75 bits per heavy atom. The lowest BCUT2D eigenvalue weighted by molar-refractivity contribution is -0.188. The number of esters is 1. The van der Waals surface area contributed by atoms with E-state index in [1.165, 1.54) is 11.1 Å². The number of aliphatic hydroxyl groups is 1. The van der Waals surface area contributed by atoms with E-state index in [0.717, 1.165) is 51.4 Å². The van der Waals surface area contributed by atoms with E-state index in [1.807, 2.05) is 6.92 Å². The summed E-state index contributed by atoms with van der Waals surface area (Å²) in [6.07, 6.45) is 12.7. The van der Waals surface area contributed by atoms with Crippen molar-refractivity contribution < 1.29 is 14.6 Å². The second-order valence-electron chi connectivity index (χ2n) is 8.56. The van der Waals surface area contributed by atoms with Gasteiger partial charge in [0.15, 0.2) is 0 Å². The third-order valence-electron chi connectivity index (χ3n) is 6.48. The lowest BCUT2D eigenvalue weighted by Gasteiger charge is -2.42. The van der Waals surface area contributed by atoms with E-state index in [9.17, 15) is 9.90 Å². The van der Waals surface area contributed by atoms with Crippen LogP contribution in [0.25, 0.3) is 0 Å². The molecule has 1 aliphatic heterocycles. The molecular formula is C21H32O3. The van der Waals surface area contributed by atoms with E-state index >= 15 is 0 Å². The Bertz CT molecular complexity index is 551. The van der Waals surface area contributed by atoms with Crippen LogP contribution in [0.2, 0.25) is 0 Å². The lowest BCUT2D eigenvalue weighted by atomic mass is 9.74. The minimum absolute atomic E-state index is 0.0514. The van der Waals surface area contributed by atoms with Gasteiger partial charge in [-0.3, -0.25) is 4.79 Å². The molecule has 3 heteroatoms. The molecule has 3 aliphatic rings. The first-order valence-electron chi connectivity index (χ1n) is 9.58. The van der Waals surface area contributed by atoms with Gasteiger partial charge >= 0.3 is 5.97 Å². The highest BCUT2D eigenvalue weighted by Crippen LogP contribution is 2.59. The maximum atomic E-state index is 12.6. The van der Waals surface area contributed by atoms with Gasteiger partial charge in [-0.25, -0.2) is 0 Å². The average molecular weight is 332 g/mol. The molecule has 2 fully saturated rings. The third-order valence-corrected chi connectivity index (χ3v) is 6.48. The minimum atomic E-state index is -0.934. The summed E-state index contributed by atoms with van der Waals surface area (Å²) in [5.41, 5.74) is 1.65. The number of hydrogen-bond acceptors (Lipinski definition) is 3. The van der Waals surface area contributed by atoms with Crippen LogP contribution in [-0.4, -0.2) is 22.8 Å². The number of rotatable bonds is 0. The van der Waals surface area contributed by atoms with E-state index in [-0.39, 0.29) is 17.5 Å². The highest BCUT2D eigenvalue weighted by molar-refractivity contribution is 5.81. The van der Waals surface area contributed by atoms with Crippen molar-refractivity contribution in [1.29, 1.82) is 0 Å². The van der Waals surface area contributed by atoms with Gasteiger partial charge in [-0.05, 0) is 84.5 Å². The summed E-state index contributed by atoms with van der Waals surface area (Å²) in [5, 5.41) is 10.9. The summed E-state index contributed by atoms with van der Waals surface area (Å²) in [6.45, 7) is 6.21. The van der Waals surface area contributed by atoms with Gasteiger partial charge in [0, 0.05) is 0 Å². The van der Waals surface area contributed by atoms with Crippen LogP contribution in [0.4, 0.5) is 0 Å². The smallest absolute Gasteiger partial charge is 0.312 e. The van der Waals surface area contributed by atoms with Crippen molar-refractivity contribution in [3.8, 4) is 0 Å². The zero-order chi connectivity index (χ0) is 17.4. The molecule has 0 aromatic carbocycles. The predicted molar refractivity (Wildman–Crippen MR) is 95.5 cm³/mol. The molecule has 0 unspecified atom stereocenters. The van der Waals surface area contributed by atoms with Gasteiger partial charge in [0.25, 0.3) is 0 Å². The second-order valence-corrected chi connectivity index (χ2v) is 8.56. The zero-order valence-corrected chi connectivity index (χ0v) is 15.4. The van der Waals surface area contributed by atoms with E-state index in [0.29, 0.717) is 12.3 Å². The fraction of sp³-hybridized carbons (Fsp3) is 0.762. The Balaban J connectivity index is 1.82. The normalized spacial score (nSPS) is 41.4. The monoisotopic (exact) mass is 332 g/mol. The van der Waals surface area contributed by atoms with Crippen LogP contribution in [0.5, 0.6) is 0 Å². The van der Waals surface area contributed by atoms with E-state index in [1.54, 1.807) is 0 Å². The predicted octanol–water partition coefficient (Wildman–Crippen LogP) is 4.70. The van der Waals surface area contributed by atoms with Crippen LogP contribution >= 0.6 is 0 Å². The van der Waals surface area contributed by atoms with Crippen molar-refractivity contribution in [3.63, 3.8) is 0 Å². The Morgan fingerprint density at radius 3 is 2.46 bits per heavy atom. The summed E-state index contributed by atoms with van der Waals surface area (Å²) in [4.78, 5) is 12.6. The molecule has 1 saturated heterocycles. The first-order valence-corrected chi connectivity index (χ1v) is 9.58. The van der Waals surface area contributed by atoms with Gasteiger partial charge < -0.3 is 9.84 Å². The fourth-order valence-corrected chi connectivity index (χ4v) is 4.39. The summed E-state index contributed by atoms with van der Waals surface area (Å²) >= 11 is 0. The number of fused-ring (bicyclic) bond motifs is 3. The van der Waals surface area contributed by atoms with Crippen molar-refractivity contribution in [2.45, 2.75) is 90.3 Å². The van der Waals surface area contributed by atoms with Crippen LogP contribution in [0, 0.1) is 11.3 Å². The van der Waals surface area contributed by atoms with Crippen LogP contribution in [0.15, 0.2) is 23.3 Å². The molecule has 1 N–H and O–H groups in total. The first-order chi connectivity index (χ1) is 11.3. The molecule has 2 aliphatic carbocycles. The maximum Gasteiger partial charge on any atom is 0.312 e. The van der Waals surface area contributed by atoms with Crippen molar-refractivity contribution in [3.05, 3.63) is 23.3 Å². The Kier molecular flexibility index (Phi) is 4.92. The quantitative estimate of drug-likeness (QED) is 0.517. The van der Waals surface area contributed by atoms with Gasteiger partial charge in [0.1, 0.15) is 6.10 Å². The minimum Gasteiger partial charge on any atom is -0.459 e. The third kappa shape index (κ3) is 3.61. The van der Waals surface area contributed by atoms with Gasteiger partial charge in [0.05, 0.1) is 11.0 Å². The molecule has 1 spiro atoms. The van der Waals surface area contributed by atoms with Crippen molar-refractivity contribution in [2.75, 3.05) is 0 Å². The molecule has 0 aromatic rings. The van der Waals surface area contributed by atoms with Crippen LogP contribution in [-0.2, 0) is 9.53 Å². The van der Waals surface area contributed by atoms with E-state index in [4.69, 9.17) is 4.74 Å². The molecular weight excluding hydrogens is 300 g/mol. The number of ether oxygens (including phenoxy) is 1. The zero-order valence-electron chi connectivity index (χ0n) is 15.4. The number of carbonyl (C=O) groups is 1.